The average molecular weight is 574 g/mol. The molecule has 4 rings (SSSR count). The van der Waals surface area contributed by atoms with E-state index in [9.17, 15) is 18.9 Å². The maximum Gasteiger partial charge on any atom is 0.408 e. The van der Waals surface area contributed by atoms with Crippen molar-refractivity contribution in [2.24, 2.45) is 0 Å². The number of alkyl halides is 3. The Hall–Kier alpha value is -2.17. The molecular formula is C24H23Cl3N2O6S. The summed E-state index contributed by atoms with van der Waals surface area (Å²) in [5.41, 5.74) is 1.49. The lowest BCUT2D eigenvalue weighted by molar-refractivity contribution is -0.166. The summed E-state index contributed by atoms with van der Waals surface area (Å²) in [4.78, 5) is 39.8. The Balaban J connectivity index is 1.53. The molecule has 2 aliphatic heterocycles. The molecule has 2 heterocycles. The number of benzene rings is 2. The van der Waals surface area contributed by atoms with Gasteiger partial charge in [-0.1, -0.05) is 95.5 Å². The lowest BCUT2D eigenvalue weighted by atomic mass is 9.95. The highest BCUT2D eigenvalue weighted by Gasteiger charge is 2.73. The van der Waals surface area contributed by atoms with E-state index < -0.39 is 67.9 Å². The summed E-state index contributed by atoms with van der Waals surface area (Å²) in [6, 6.07) is 16.1. The van der Waals surface area contributed by atoms with Crippen LogP contribution in [0.5, 0.6) is 0 Å². The third-order valence-electron chi connectivity index (χ3n) is 6.06. The van der Waals surface area contributed by atoms with Crippen LogP contribution in [0.2, 0.25) is 0 Å². The second-order valence-corrected chi connectivity index (χ2v) is 13.5. The van der Waals surface area contributed by atoms with E-state index in [-0.39, 0.29) is 0 Å². The molecular weight excluding hydrogens is 551 g/mol. The number of esters is 1. The molecule has 36 heavy (non-hydrogen) atoms. The number of alkyl carbamates (subject to hydrolysis) is 1. The topological polar surface area (TPSA) is 108 Å². The fraction of sp³-hybridized carbons (Fsp3) is 0.375. The van der Waals surface area contributed by atoms with E-state index in [4.69, 9.17) is 44.3 Å². The van der Waals surface area contributed by atoms with Crippen molar-refractivity contribution in [2.45, 2.75) is 45.9 Å². The highest BCUT2D eigenvalue weighted by atomic mass is 35.6. The molecule has 1 N–H and O–H groups in total. The smallest absolute Gasteiger partial charge is 0.408 e. The first-order chi connectivity index (χ1) is 16.9. The predicted octanol–water partition coefficient (Wildman–Crippen LogP) is 3.86. The van der Waals surface area contributed by atoms with Gasteiger partial charge < -0.3 is 19.3 Å². The molecule has 2 aromatic carbocycles. The van der Waals surface area contributed by atoms with Gasteiger partial charge in [0.15, 0.2) is 22.9 Å². The Bertz CT molecular complexity index is 1090. The average Bonchev–Trinajstić information content (AvgIpc) is 3.03. The summed E-state index contributed by atoms with van der Waals surface area (Å²) in [6.45, 7) is 2.71. The minimum absolute atomic E-state index is 0.539. The summed E-state index contributed by atoms with van der Waals surface area (Å²) in [7, 11) is 0. The van der Waals surface area contributed by atoms with Gasteiger partial charge in [-0.25, -0.2) is 9.59 Å². The van der Waals surface area contributed by atoms with Crippen molar-refractivity contribution in [3.63, 3.8) is 0 Å². The molecule has 2 fully saturated rings. The zero-order valence-electron chi connectivity index (χ0n) is 19.2. The van der Waals surface area contributed by atoms with Crippen molar-refractivity contribution in [1.82, 2.24) is 10.2 Å². The normalized spacial score (nSPS) is 24.6. The summed E-state index contributed by atoms with van der Waals surface area (Å²) in [6.07, 6.45) is -1.74. The Morgan fingerprint density at radius 1 is 1.08 bits per heavy atom. The van der Waals surface area contributed by atoms with E-state index in [2.05, 4.69) is 5.32 Å². The fourth-order valence-electron chi connectivity index (χ4n) is 4.35. The standard InChI is InChI=1S/C24H23Cl3N2O6S/c1-23(2)18(21(31)35-17(14-9-5-3-6-10-14)15-11-7-4-8-12-15)29-19(30)16(20(29)36(23)33)28-22(32)34-13-24(25,26)27/h3-12,16-18,20H,13H2,1-2H3,(H,28,32)/t16-,18+,20-,36?/m1/s1. The van der Waals surface area contributed by atoms with Crippen LogP contribution in [-0.4, -0.2) is 60.0 Å². The third kappa shape index (κ3) is 5.26. The van der Waals surface area contributed by atoms with Crippen LogP contribution in [0.3, 0.4) is 0 Å². The Morgan fingerprint density at radius 2 is 1.61 bits per heavy atom. The molecule has 0 aliphatic carbocycles. The highest BCUT2D eigenvalue weighted by molar-refractivity contribution is 7.94. The number of nitrogens with zero attached hydrogens (tertiary/aromatic N) is 1. The van der Waals surface area contributed by atoms with E-state index in [1.807, 2.05) is 60.7 Å². The van der Waals surface area contributed by atoms with Crippen molar-refractivity contribution in [1.29, 1.82) is 0 Å². The van der Waals surface area contributed by atoms with Crippen LogP contribution in [0, 0.1) is 0 Å². The number of β-lactam (4-membered cyclic amide) rings is 1. The number of amides is 2. The van der Waals surface area contributed by atoms with Gasteiger partial charge in [0.1, 0.15) is 6.61 Å². The number of carbonyl (C=O) groups is 3. The number of nitrogens with one attached hydrogen (secondary N) is 1. The zero-order chi connectivity index (χ0) is 26.3. The van der Waals surface area contributed by atoms with Crippen LogP contribution in [0.25, 0.3) is 0 Å². The highest BCUT2D eigenvalue weighted by Crippen LogP contribution is 2.47. The molecule has 2 aromatic rings. The van der Waals surface area contributed by atoms with Gasteiger partial charge in [-0.15, -0.1) is 0 Å². The van der Waals surface area contributed by atoms with E-state index >= 15 is 0 Å². The zero-order valence-corrected chi connectivity index (χ0v) is 22.3. The molecule has 192 valence electrons. The predicted molar refractivity (Wildman–Crippen MR) is 136 cm³/mol. The molecule has 8 nitrogen and oxygen atoms in total. The van der Waals surface area contributed by atoms with Gasteiger partial charge in [0.2, 0.25) is 9.17 Å². The molecule has 0 spiro atoms. The Morgan fingerprint density at radius 3 is 2.11 bits per heavy atom. The van der Waals surface area contributed by atoms with Crippen LogP contribution in [0.1, 0.15) is 31.1 Å². The van der Waals surface area contributed by atoms with E-state index in [0.717, 1.165) is 11.1 Å². The van der Waals surface area contributed by atoms with Gasteiger partial charge in [-0.05, 0) is 36.2 Å². The van der Waals surface area contributed by atoms with Crippen molar-refractivity contribution in [2.75, 3.05) is 6.61 Å². The van der Waals surface area contributed by atoms with E-state index in [0.29, 0.717) is 0 Å². The van der Waals surface area contributed by atoms with E-state index in [1.54, 1.807) is 13.8 Å². The number of ether oxygens (including phenoxy) is 2. The van der Waals surface area contributed by atoms with Crippen LogP contribution in [-0.2, 0) is 30.2 Å². The summed E-state index contributed by atoms with van der Waals surface area (Å²) < 4.78 is 21.1. The van der Waals surface area contributed by atoms with Crippen LogP contribution >= 0.6 is 34.8 Å². The maximum atomic E-state index is 13.5. The monoisotopic (exact) mass is 572 g/mol. The summed E-state index contributed by atoms with van der Waals surface area (Å²) >= 11 is 15.0. The van der Waals surface area contributed by atoms with Crippen LogP contribution < -0.4 is 5.32 Å². The summed E-state index contributed by atoms with van der Waals surface area (Å²) in [5.74, 6) is -1.28. The van der Waals surface area contributed by atoms with Gasteiger partial charge >= 0.3 is 12.1 Å². The SMILES string of the molecule is CC1(C)[C@H](C(=O)OC(c2ccccc2)c2ccccc2)N2C(=O)[C@@H](NC(=O)OCC(Cl)(Cl)Cl)[C@H]2[S+]1[O-]. The second kappa shape index (κ2) is 10.3. The fourth-order valence-corrected chi connectivity index (χ4v) is 6.43. The molecule has 1 unspecified atom stereocenters. The van der Waals surface area contributed by atoms with Crippen molar-refractivity contribution < 1.29 is 28.4 Å². The quantitative estimate of drug-likeness (QED) is 0.243. The van der Waals surface area contributed by atoms with Gasteiger partial charge in [0.05, 0.1) is 0 Å². The molecule has 0 aromatic heterocycles. The van der Waals surface area contributed by atoms with Crippen molar-refractivity contribution >= 4 is 63.9 Å². The third-order valence-corrected chi connectivity index (χ3v) is 8.58. The second-order valence-electron chi connectivity index (χ2n) is 8.89. The molecule has 0 saturated carbocycles. The van der Waals surface area contributed by atoms with Gasteiger partial charge in [-0.2, -0.15) is 0 Å². The number of fused-ring (bicyclic) bond motifs is 1. The Kier molecular flexibility index (Phi) is 7.69. The van der Waals surface area contributed by atoms with Gasteiger partial charge in [0, 0.05) is 0 Å². The van der Waals surface area contributed by atoms with E-state index in [1.165, 1.54) is 4.90 Å². The van der Waals surface area contributed by atoms with Crippen molar-refractivity contribution in [3.05, 3.63) is 71.8 Å². The minimum Gasteiger partial charge on any atom is -0.614 e. The maximum absolute atomic E-state index is 13.5. The molecule has 0 radical (unpaired) electrons. The molecule has 2 aliphatic rings. The van der Waals surface area contributed by atoms with Crippen LogP contribution in [0.15, 0.2) is 60.7 Å². The molecule has 12 heteroatoms. The first kappa shape index (κ1) is 26.9. The largest absolute Gasteiger partial charge is 0.614 e. The number of halogens is 3. The number of rotatable bonds is 6. The number of hydrogen-bond acceptors (Lipinski definition) is 6. The first-order valence-electron chi connectivity index (χ1n) is 10.9. The summed E-state index contributed by atoms with van der Waals surface area (Å²) in [5, 5.41) is 1.42. The number of carbonyl (C=O) groups excluding carboxylic acids is 3. The lowest BCUT2D eigenvalue weighted by Crippen LogP contribution is -2.72. The first-order valence-corrected chi connectivity index (χ1v) is 13.3. The minimum atomic E-state index is -1.83. The van der Waals surface area contributed by atoms with Gasteiger partial charge in [0.25, 0.3) is 5.91 Å². The molecule has 2 amide bonds. The number of hydrogen-bond donors (Lipinski definition) is 1. The lowest BCUT2D eigenvalue weighted by Gasteiger charge is -2.41. The molecule has 2 saturated heterocycles. The van der Waals surface area contributed by atoms with Gasteiger partial charge in [-0.3, -0.25) is 9.69 Å². The van der Waals surface area contributed by atoms with Crippen LogP contribution in [0.4, 0.5) is 4.79 Å². The Labute approximate surface area is 226 Å². The molecule has 4 atom stereocenters. The van der Waals surface area contributed by atoms with Crippen molar-refractivity contribution in [3.8, 4) is 0 Å². The molecule has 0 bridgehead atoms.